The standard InChI is InChI=1S/C20H18N2O6/c1-12(19(23)22-15-5-8-17-18(9-15)26-11-25-17)28-20(24)13(2)27-16-6-3-14(10-21)4-7-16/h3-9,12-13H,11H2,1-2H3,(H,22,23)/t12-,13-/m1/s1. The number of nitriles is 1. The van der Waals surface area contributed by atoms with Gasteiger partial charge < -0.3 is 24.3 Å². The van der Waals surface area contributed by atoms with Crippen molar-refractivity contribution in [2.45, 2.75) is 26.1 Å². The molecule has 0 spiro atoms. The quantitative estimate of drug-likeness (QED) is 0.765. The van der Waals surface area contributed by atoms with Gasteiger partial charge in [-0.25, -0.2) is 4.79 Å². The van der Waals surface area contributed by atoms with Crippen LogP contribution in [0.25, 0.3) is 0 Å². The van der Waals surface area contributed by atoms with Crippen molar-refractivity contribution in [3.8, 4) is 23.3 Å². The van der Waals surface area contributed by atoms with Crippen molar-refractivity contribution < 1.29 is 28.5 Å². The maximum Gasteiger partial charge on any atom is 0.347 e. The van der Waals surface area contributed by atoms with Crippen molar-refractivity contribution in [1.29, 1.82) is 5.26 Å². The fourth-order valence-corrected chi connectivity index (χ4v) is 2.40. The lowest BCUT2D eigenvalue weighted by molar-refractivity contribution is -0.159. The van der Waals surface area contributed by atoms with E-state index in [1.165, 1.54) is 13.8 Å². The third-order valence-corrected chi connectivity index (χ3v) is 3.93. The number of hydrogen-bond donors (Lipinski definition) is 1. The minimum atomic E-state index is -1.02. The van der Waals surface area contributed by atoms with Gasteiger partial charge in [0.05, 0.1) is 11.6 Å². The minimum Gasteiger partial charge on any atom is -0.479 e. The van der Waals surface area contributed by atoms with Gasteiger partial charge in [-0.3, -0.25) is 4.79 Å². The number of hydrogen-bond acceptors (Lipinski definition) is 7. The first-order valence-corrected chi connectivity index (χ1v) is 8.54. The van der Waals surface area contributed by atoms with Gasteiger partial charge in [-0.2, -0.15) is 5.26 Å². The number of esters is 1. The largest absolute Gasteiger partial charge is 0.479 e. The molecule has 0 bridgehead atoms. The van der Waals surface area contributed by atoms with Gasteiger partial charge in [0.25, 0.3) is 5.91 Å². The molecule has 1 N–H and O–H groups in total. The molecule has 1 heterocycles. The molecule has 8 nitrogen and oxygen atoms in total. The summed E-state index contributed by atoms with van der Waals surface area (Å²) in [5, 5.41) is 11.4. The van der Waals surface area contributed by atoms with Crippen LogP contribution < -0.4 is 19.5 Å². The monoisotopic (exact) mass is 382 g/mol. The van der Waals surface area contributed by atoms with Crippen molar-refractivity contribution in [1.82, 2.24) is 0 Å². The van der Waals surface area contributed by atoms with Crippen LogP contribution in [0.3, 0.4) is 0 Å². The molecule has 144 valence electrons. The van der Waals surface area contributed by atoms with Gasteiger partial charge in [0, 0.05) is 11.8 Å². The number of rotatable bonds is 6. The Labute approximate surface area is 161 Å². The van der Waals surface area contributed by atoms with Crippen LogP contribution in [0.5, 0.6) is 17.2 Å². The maximum absolute atomic E-state index is 12.3. The highest BCUT2D eigenvalue weighted by molar-refractivity contribution is 5.95. The van der Waals surface area contributed by atoms with E-state index in [4.69, 9.17) is 24.2 Å². The Bertz CT molecular complexity index is 919. The van der Waals surface area contributed by atoms with Gasteiger partial charge in [-0.15, -0.1) is 0 Å². The van der Waals surface area contributed by atoms with E-state index >= 15 is 0 Å². The van der Waals surface area contributed by atoms with Crippen LogP contribution in [-0.2, 0) is 14.3 Å². The highest BCUT2D eigenvalue weighted by Crippen LogP contribution is 2.34. The number of fused-ring (bicyclic) bond motifs is 1. The molecule has 0 aliphatic carbocycles. The topological polar surface area (TPSA) is 107 Å². The average Bonchev–Trinajstić information content (AvgIpc) is 3.16. The van der Waals surface area contributed by atoms with Crippen LogP contribution in [0, 0.1) is 11.3 Å². The van der Waals surface area contributed by atoms with Crippen molar-refractivity contribution in [3.05, 3.63) is 48.0 Å². The second kappa shape index (κ2) is 8.31. The summed E-state index contributed by atoms with van der Waals surface area (Å²) >= 11 is 0. The van der Waals surface area contributed by atoms with E-state index in [9.17, 15) is 9.59 Å². The summed E-state index contributed by atoms with van der Waals surface area (Å²) in [5.74, 6) is 0.384. The van der Waals surface area contributed by atoms with Crippen LogP contribution >= 0.6 is 0 Å². The zero-order valence-corrected chi connectivity index (χ0v) is 15.3. The van der Waals surface area contributed by atoms with Crippen molar-refractivity contribution in [2.75, 3.05) is 12.1 Å². The van der Waals surface area contributed by atoms with Crippen LogP contribution in [-0.4, -0.2) is 30.9 Å². The van der Waals surface area contributed by atoms with Crippen LogP contribution in [0.15, 0.2) is 42.5 Å². The zero-order chi connectivity index (χ0) is 20.1. The predicted octanol–water partition coefficient (Wildman–Crippen LogP) is 2.62. The molecule has 0 fully saturated rings. The lowest BCUT2D eigenvalue weighted by atomic mass is 10.2. The van der Waals surface area contributed by atoms with E-state index in [2.05, 4.69) is 5.32 Å². The van der Waals surface area contributed by atoms with E-state index in [-0.39, 0.29) is 6.79 Å². The van der Waals surface area contributed by atoms with Gasteiger partial charge in [0.2, 0.25) is 6.79 Å². The molecule has 1 aliphatic heterocycles. The first kappa shape index (κ1) is 19.0. The lowest BCUT2D eigenvalue weighted by Gasteiger charge is -2.18. The summed E-state index contributed by atoms with van der Waals surface area (Å²) < 4.78 is 21.1. The highest BCUT2D eigenvalue weighted by Gasteiger charge is 2.24. The number of ether oxygens (including phenoxy) is 4. The van der Waals surface area contributed by atoms with E-state index in [0.29, 0.717) is 28.5 Å². The molecule has 0 saturated heterocycles. The zero-order valence-electron chi connectivity index (χ0n) is 15.3. The van der Waals surface area contributed by atoms with Gasteiger partial charge in [-0.05, 0) is 50.2 Å². The maximum atomic E-state index is 12.3. The predicted molar refractivity (Wildman–Crippen MR) is 98.0 cm³/mol. The fraction of sp³-hybridized carbons (Fsp3) is 0.250. The van der Waals surface area contributed by atoms with E-state index in [1.54, 1.807) is 42.5 Å². The molecule has 3 rings (SSSR count). The molecule has 1 amide bonds. The minimum absolute atomic E-state index is 0.137. The number of amides is 1. The molecule has 0 saturated carbocycles. The molecule has 0 radical (unpaired) electrons. The Morgan fingerprint density at radius 2 is 1.79 bits per heavy atom. The Morgan fingerprint density at radius 1 is 1.07 bits per heavy atom. The van der Waals surface area contributed by atoms with Crippen molar-refractivity contribution >= 4 is 17.6 Å². The second-order valence-corrected chi connectivity index (χ2v) is 6.03. The van der Waals surface area contributed by atoms with Crippen molar-refractivity contribution in [2.24, 2.45) is 0 Å². The Balaban J connectivity index is 1.52. The lowest BCUT2D eigenvalue weighted by Crippen LogP contribution is -2.35. The summed E-state index contributed by atoms with van der Waals surface area (Å²) in [5.41, 5.74) is 0.982. The third-order valence-electron chi connectivity index (χ3n) is 3.93. The molecule has 2 aromatic carbocycles. The molecule has 28 heavy (non-hydrogen) atoms. The summed E-state index contributed by atoms with van der Waals surface area (Å²) in [6.45, 7) is 3.12. The number of nitrogens with zero attached hydrogens (tertiary/aromatic N) is 1. The van der Waals surface area contributed by atoms with E-state index in [1.807, 2.05) is 6.07 Å². The fourth-order valence-electron chi connectivity index (χ4n) is 2.40. The summed E-state index contributed by atoms with van der Waals surface area (Å²) in [6.07, 6.45) is -1.95. The molecule has 8 heteroatoms. The van der Waals surface area contributed by atoms with Crippen LogP contribution in [0.4, 0.5) is 5.69 Å². The molecule has 2 atom stereocenters. The molecule has 2 aromatic rings. The number of nitrogens with one attached hydrogen (secondary N) is 1. The first-order valence-electron chi connectivity index (χ1n) is 8.54. The average molecular weight is 382 g/mol. The molecular formula is C20H18N2O6. The SMILES string of the molecule is C[C@@H](OC(=O)[C@@H](C)Oc1ccc(C#N)cc1)C(=O)Nc1ccc2c(c1)OCO2. The van der Waals surface area contributed by atoms with E-state index < -0.39 is 24.1 Å². The highest BCUT2D eigenvalue weighted by atomic mass is 16.7. The van der Waals surface area contributed by atoms with Crippen molar-refractivity contribution in [3.63, 3.8) is 0 Å². The third kappa shape index (κ3) is 4.51. The summed E-state index contributed by atoms with van der Waals surface area (Å²) in [7, 11) is 0. The summed E-state index contributed by atoms with van der Waals surface area (Å²) in [6, 6.07) is 13.3. The molecule has 1 aliphatic rings. The normalized spacial score (nSPS) is 13.8. The Morgan fingerprint density at radius 3 is 2.50 bits per heavy atom. The molecule has 0 aromatic heterocycles. The van der Waals surface area contributed by atoms with Crippen LogP contribution in [0.1, 0.15) is 19.4 Å². The van der Waals surface area contributed by atoms with Gasteiger partial charge in [0.1, 0.15) is 5.75 Å². The number of carbonyl (C=O) groups is 2. The number of anilines is 1. The van der Waals surface area contributed by atoms with E-state index in [0.717, 1.165) is 0 Å². The first-order chi connectivity index (χ1) is 13.5. The van der Waals surface area contributed by atoms with Gasteiger partial charge in [0.15, 0.2) is 23.7 Å². The van der Waals surface area contributed by atoms with Gasteiger partial charge >= 0.3 is 5.97 Å². The van der Waals surface area contributed by atoms with Crippen LogP contribution in [0.2, 0.25) is 0 Å². The smallest absolute Gasteiger partial charge is 0.347 e. The van der Waals surface area contributed by atoms with Gasteiger partial charge in [-0.1, -0.05) is 0 Å². The second-order valence-electron chi connectivity index (χ2n) is 6.03. The Hall–Kier alpha value is -3.73. The number of benzene rings is 2. The number of carbonyl (C=O) groups excluding carboxylic acids is 2. The molecule has 0 unspecified atom stereocenters. The molecular weight excluding hydrogens is 364 g/mol. The summed E-state index contributed by atoms with van der Waals surface area (Å²) in [4.78, 5) is 24.4. The Kier molecular flexibility index (Phi) is 5.65.